The van der Waals surface area contributed by atoms with Crippen molar-refractivity contribution in [3.63, 3.8) is 0 Å². The molecule has 0 unspecified atom stereocenters. The van der Waals surface area contributed by atoms with Gasteiger partial charge in [-0.3, -0.25) is 4.57 Å². The van der Waals surface area contributed by atoms with E-state index in [4.69, 9.17) is 15.0 Å². The Labute approximate surface area is 288 Å². The van der Waals surface area contributed by atoms with Gasteiger partial charge in [0.15, 0.2) is 11.6 Å². The van der Waals surface area contributed by atoms with Gasteiger partial charge in [0, 0.05) is 32.7 Å². The van der Waals surface area contributed by atoms with E-state index in [2.05, 4.69) is 179 Å². The summed E-state index contributed by atoms with van der Waals surface area (Å²) in [7, 11) is 0. The summed E-state index contributed by atoms with van der Waals surface area (Å²) >= 11 is 0. The molecule has 0 spiro atoms. The fraction of sp³-hybridized carbons (Fsp3) is 0. The minimum atomic E-state index is 0.572. The summed E-state index contributed by atoms with van der Waals surface area (Å²) in [5, 5.41) is 4.72. The molecule has 10 aromatic rings. The van der Waals surface area contributed by atoms with Crippen LogP contribution >= 0.6 is 0 Å². The molecule has 0 bridgehead atoms. The van der Waals surface area contributed by atoms with E-state index in [0.717, 1.165) is 60.8 Å². The minimum absolute atomic E-state index is 0.572. The Morgan fingerprint density at radius 1 is 0.300 bits per heavy atom. The zero-order valence-corrected chi connectivity index (χ0v) is 27.0. The van der Waals surface area contributed by atoms with Gasteiger partial charge < -0.3 is 4.57 Å². The molecular weight excluding hydrogens is 611 g/mol. The summed E-state index contributed by atoms with van der Waals surface area (Å²) in [6, 6.07) is 61.3. The van der Waals surface area contributed by atoms with Gasteiger partial charge in [-0.2, -0.15) is 9.97 Å². The van der Waals surface area contributed by atoms with Crippen LogP contribution in [0, 0.1) is 0 Å². The second kappa shape index (κ2) is 11.4. The number of nitrogens with zero attached hydrogens (tertiary/aromatic N) is 5. The summed E-state index contributed by atoms with van der Waals surface area (Å²) < 4.78 is 4.51. The van der Waals surface area contributed by atoms with Crippen LogP contribution in [0.25, 0.3) is 89.2 Å². The van der Waals surface area contributed by atoms with E-state index >= 15 is 0 Å². The highest BCUT2D eigenvalue weighted by atomic mass is 15.2. The predicted molar refractivity (Wildman–Crippen MR) is 205 cm³/mol. The van der Waals surface area contributed by atoms with Gasteiger partial charge in [0.2, 0.25) is 5.95 Å². The third-order valence-corrected chi connectivity index (χ3v) is 9.62. The molecule has 0 aliphatic carbocycles. The van der Waals surface area contributed by atoms with E-state index < -0.39 is 0 Å². The molecule has 50 heavy (non-hydrogen) atoms. The van der Waals surface area contributed by atoms with Gasteiger partial charge in [-0.1, -0.05) is 140 Å². The van der Waals surface area contributed by atoms with Crippen molar-refractivity contribution < 1.29 is 0 Å². The largest absolute Gasteiger partial charge is 0.309 e. The van der Waals surface area contributed by atoms with Gasteiger partial charge >= 0.3 is 0 Å². The van der Waals surface area contributed by atoms with Gasteiger partial charge in [0.25, 0.3) is 0 Å². The van der Waals surface area contributed by atoms with Crippen LogP contribution in [-0.2, 0) is 0 Å². The van der Waals surface area contributed by atoms with Gasteiger partial charge in [0.1, 0.15) is 0 Å². The molecule has 5 nitrogen and oxygen atoms in total. The first-order chi connectivity index (χ1) is 24.8. The molecule has 0 amide bonds. The van der Waals surface area contributed by atoms with Crippen molar-refractivity contribution in [3.8, 4) is 45.5 Å². The first kappa shape index (κ1) is 28.2. The van der Waals surface area contributed by atoms with E-state index in [9.17, 15) is 0 Å². The van der Waals surface area contributed by atoms with E-state index in [0.29, 0.717) is 17.6 Å². The highest BCUT2D eigenvalue weighted by molar-refractivity contribution is 6.10. The van der Waals surface area contributed by atoms with E-state index in [1.54, 1.807) is 0 Å². The van der Waals surface area contributed by atoms with Crippen molar-refractivity contribution in [2.75, 3.05) is 0 Å². The molecule has 3 heterocycles. The van der Waals surface area contributed by atoms with Crippen molar-refractivity contribution >= 4 is 43.6 Å². The highest BCUT2D eigenvalue weighted by Gasteiger charge is 2.21. The van der Waals surface area contributed by atoms with Crippen molar-refractivity contribution in [1.29, 1.82) is 0 Å². The number of benzene rings is 7. The SMILES string of the molecule is c1ccc(-c2ccccc2-c2nc(-c3ccccc3-n3c4ccccc4c4ccccc43)nc(-n3c4ccccc4c4ccccc43)n2)cc1. The molecule has 3 aromatic heterocycles. The van der Waals surface area contributed by atoms with Crippen LogP contribution in [0.4, 0.5) is 0 Å². The number of hydrogen-bond donors (Lipinski definition) is 0. The normalized spacial score (nSPS) is 11.6. The average molecular weight is 640 g/mol. The number of fused-ring (bicyclic) bond motifs is 6. The topological polar surface area (TPSA) is 48.5 Å². The Balaban J connectivity index is 1.30. The Kier molecular flexibility index (Phi) is 6.42. The maximum absolute atomic E-state index is 5.33. The Hall–Kier alpha value is -6.85. The Bertz CT molecular complexity index is 2770. The standard InChI is InChI=1S/C45H29N5/c1-2-16-30(17-3-1)31-18-4-5-23-36(31)43-46-44(48-45(47-43)50-40-27-13-8-21-34(40)35-22-9-14-28-41(35)50)37-24-10-15-29-42(37)49-38-25-11-6-19-32(38)33-20-7-12-26-39(33)49/h1-29H. The zero-order valence-electron chi connectivity index (χ0n) is 27.0. The second-order valence-electron chi connectivity index (χ2n) is 12.5. The third-order valence-electron chi connectivity index (χ3n) is 9.62. The number of aromatic nitrogens is 5. The van der Waals surface area contributed by atoms with Gasteiger partial charge in [0.05, 0.1) is 27.8 Å². The van der Waals surface area contributed by atoms with Crippen LogP contribution in [0.15, 0.2) is 176 Å². The van der Waals surface area contributed by atoms with Crippen molar-refractivity contribution in [2.24, 2.45) is 0 Å². The molecule has 234 valence electrons. The van der Waals surface area contributed by atoms with Gasteiger partial charge in [-0.25, -0.2) is 4.98 Å². The van der Waals surface area contributed by atoms with Crippen LogP contribution in [0.2, 0.25) is 0 Å². The predicted octanol–water partition coefficient (Wildman–Crippen LogP) is 11.1. The molecule has 0 saturated heterocycles. The molecule has 5 heteroatoms. The first-order valence-corrected chi connectivity index (χ1v) is 16.8. The summed E-state index contributed by atoms with van der Waals surface area (Å²) in [5.41, 5.74) is 9.39. The summed E-state index contributed by atoms with van der Waals surface area (Å²) in [6.45, 7) is 0. The highest BCUT2D eigenvalue weighted by Crippen LogP contribution is 2.38. The monoisotopic (exact) mass is 639 g/mol. The third kappa shape index (κ3) is 4.37. The maximum Gasteiger partial charge on any atom is 0.238 e. The molecule has 0 radical (unpaired) electrons. The quantitative estimate of drug-likeness (QED) is 0.188. The molecule has 10 rings (SSSR count). The van der Waals surface area contributed by atoms with Gasteiger partial charge in [-0.05, 0) is 47.5 Å². The second-order valence-corrected chi connectivity index (χ2v) is 12.5. The number of rotatable bonds is 5. The van der Waals surface area contributed by atoms with E-state index in [1.807, 2.05) is 6.07 Å². The fourth-order valence-electron chi connectivity index (χ4n) is 7.43. The summed E-state index contributed by atoms with van der Waals surface area (Å²) in [5.74, 6) is 1.79. The fourth-order valence-corrected chi connectivity index (χ4v) is 7.43. The Morgan fingerprint density at radius 2 is 0.700 bits per heavy atom. The summed E-state index contributed by atoms with van der Waals surface area (Å²) in [6.07, 6.45) is 0. The first-order valence-electron chi connectivity index (χ1n) is 16.8. The number of hydrogen-bond acceptors (Lipinski definition) is 3. The molecule has 0 aliphatic rings. The molecule has 0 saturated carbocycles. The van der Waals surface area contributed by atoms with Crippen molar-refractivity contribution in [3.05, 3.63) is 176 Å². The molecule has 7 aromatic carbocycles. The molecule has 0 N–H and O–H groups in total. The number of para-hydroxylation sites is 5. The van der Waals surface area contributed by atoms with E-state index in [-0.39, 0.29) is 0 Å². The van der Waals surface area contributed by atoms with Crippen molar-refractivity contribution in [2.45, 2.75) is 0 Å². The minimum Gasteiger partial charge on any atom is -0.309 e. The van der Waals surface area contributed by atoms with E-state index in [1.165, 1.54) is 10.8 Å². The Morgan fingerprint density at radius 3 is 1.26 bits per heavy atom. The molecular formula is C45H29N5. The van der Waals surface area contributed by atoms with Crippen LogP contribution in [0.3, 0.4) is 0 Å². The molecule has 0 fully saturated rings. The van der Waals surface area contributed by atoms with Crippen LogP contribution in [0.5, 0.6) is 0 Å². The van der Waals surface area contributed by atoms with Crippen LogP contribution < -0.4 is 0 Å². The molecule has 0 aliphatic heterocycles. The van der Waals surface area contributed by atoms with Crippen molar-refractivity contribution in [1.82, 2.24) is 24.1 Å². The molecule has 0 atom stereocenters. The zero-order chi connectivity index (χ0) is 33.0. The average Bonchev–Trinajstić information content (AvgIpc) is 3.71. The lowest BCUT2D eigenvalue weighted by molar-refractivity contribution is 0.952. The van der Waals surface area contributed by atoms with Crippen LogP contribution in [-0.4, -0.2) is 24.1 Å². The maximum atomic E-state index is 5.33. The smallest absolute Gasteiger partial charge is 0.238 e. The summed E-state index contributed by atoms with van der Waals surface area (Å²) in [4.78, 5) is 15.9. The lowest BCUT2D eigenvalue weighted by atomic mass is 9.99. The van der Waals surface area contributed by atoms with Gasteiger partial charge in [-0.15, -0.1) is 0 Å². The lowest BCUT2D eigenvalue weighted by Crippen LogP contribution is -2.08. The lowest BCUT2D eigenvalue weighted by Gasteiger charge is -2.16. The van der Waals surface area contributed by atoms with Crippen LogP contribution in [0.1, 0.15) is 0 Å².